The van der Waals surface area contributed by atoms with Gasteiger partial charge in [-0.25, -0.2) is 4.79 Å². The normalized spacial score (nSPS) is 16.8. The lowest BCUT2D eigenvalue weighted by Gasteiger charge is -2.30. The van der Waals surface area contributed by atoms with E-state index < -0.39 is 133 Å². The summed E-state index contributed by atoms with van der Waals surface area (Å²) < 4.78 is 0. The minimum atomic E-state index is -1.56. The van der Waals surface area contributed by atoms with Crippen LogP contribution in [0.5, 0.6) is 0 Å². The van der Waals surface area contributed by atoms with Crippen molar-refractivity contribution in [3.05, 3.63) is 0 Å². The van der Waals surface area contributed by atoms with Crippen LogP contribution in [0.4, 0.5) is 0 Å². The molecule has 74 heavy (non-hydrogen) atoms. The Kier molecular flexibility index (Phi) is 30.0. The van der Waals surface area contributed by atoms with Gasteiger partial charge in [0.25, 0.3) is 0 Å². The summed E-state index contributed by atoms with van der Waals surface area (Å²) in [6.45, 7) is 16.6. The molecule has 1 heterocycles. The van der Waals surface area contributed by atoms with Gasteiger partial charge in [0.15, 0.2) is 0 Å². The monoisotopic (exact) mass is 1070 g/mol. The average molecular weight is 1070 g/mol. The molecule has 1 rings (SSSR count). The molecule has 0 spiro atoms. The molecule has 9 atom stereocenters. The van der Waals surface area contributed by atoms with Gasteiger partial charge in [0.2, 0.25) is 53.2 Å². The van der Waals surface area contributed by atoms with Crippen molar-refractivity contribution >= 4 is 76.9 Å². The van der Waals surface area contributed by atoms with Crippen molar-refractivity contribution in [1.82, 2.24) is 47.4 Å². The highest BCUT2D eigenvalue weighted by Gasteiger charge is 2.39. The van der Waals surface area contributed by atoms with Crippen LogP contribution in [0, 0.1) is 29.6 Å². The predicted molar refractivity (Wildman–Crippen MR) is 276 cm³/mol. The third-order valence-corrected chi connectivity index (χ3v) is 12.6. The van der Waals surface area contributed by atoms with Crippen LogP contribution >= 0.6 is 11.8 Å². The number of nitrogens with two attached hydrogens (primary N) is 1. The van der Waals surface area contributed by atoms with E-state index in [-0.39, 0.29) is 74.0 Å². The van der Waals surface area contributed by atoms with Crippen LogP contribution in [0.3, 0.4) is 0 Å². The number of aliphatic carboxylic acids is 2. The van der Waals surface area contributed by atoms with E-state index >= 15 is 0 Å². The number of aliphatic hydroxyl groups excluding tert-OH is 1. The van der Waals surface area contributed by atoms with Crippen molar-refractivity contribution in [2.75, 3.05) is 31.7 Å². The number of aliphatic hydroxyl groups is 1. The molecule has 25 heteroatoms. The van der Waals surface area contributed by atoms with E-state index in [0.717, 1.165) is 0 Å². The Bertz CT molecular complexity index is 1920. The summed E-state index contributed by atoms with van der Waals surface area (Å²) in [7, 11) is 0. The summed E-state index contributed by atoms with van der Waals surface area (Å²) in [5.41, 5.74) is 6.09. The molecular formula is C49H86N10O14S. The first kappa shape index (κ1) is 66.5. The van der Waals surface area contributed by atoms with Gasteiger partial charge in [0.1, 0.15) is 48.3 Å². The predicted octanol–water partition coefficient (Wildman–Crippen LogP) is -0.650. The summed E-state index contributed by atoms with van der Waals surface area (Å²) in [6.07, 6.45) is 2.14. The summed E-state index contributed by atoms with van der Waals surface area (Å²) >= 11 is 1.36. The lowest BCUT2D eigenvalue weighted by Crippen LogP contribution is -2.60. The molecule has 0 aromatic heterocycles. The first-order valence-corrected chi connectivity index (χ1v) is 26.9. The fourth-order valence-electron chi connectivity index (χ4n) is 7.98. The first-order valence-electron chi connectivity index (χ1n) is 25.5. The zero-order valence-electron chi connectivity index (χ0n) is 45.0. The highest BCUT2D eigenvalue weighted by atomic mass is 32.2. The van der Waals surface area contributed by atoms with E-state index in [1.165, 1.54) is 16.7 Å². The van der Waals surface area contributed by atoms with Gasteiger partial charge in [0, 0.05) is 13.0 Å². The van der Waals surface area contributed by atoms with Crippen LogP contribution in [-0.2, 0) is 52.7 Å². The highest BCUT2D eigenvalue weighted by molar-refractivity contribution is 7.98. The second kappa shape index (κ2) is 33.4. The molecule has 9 amide bonds. The van der Waals surface area contributed by atoms with E-state index in [9.17, 15) is 68.1 Å². The molecule has 0 radical (unpaired) electrons. The van der Waals surface area contributed by atoms with E-state index in [2.05, 4.69) is 42.5 Å². The Morgan fingerprint density at radius 1 is 0.568 bits per heavy atom. The van der Waals surface area contributed by atoms with Crippen LogP contribution in [0.1, 0.15) is 127 Å². The highest BCUT2D eigenvalue weighted by Crippen LogP contribution is 2.21. The molecule has 13 N–H and O–H groups in total. The van der Waals surface area contributed by atoms with Crippen molar-refractivity contribution in [1.29, 1.82) is 0 Å². The first-order chi connectivity index (χ1) is 34.5. The molecule has 0 saturated carbocycles. The van der Waals surface area contributed by atoms with Crippen LogP contribution in [0.15, 0.2) is 0 Å². The Labute approximate surface area is 439 Å². The number of carbonyl (C=O) groups excluding carboxylic acids is 9. The van der Waals surface area contributed by atoms with Crippen LogP contribution in [-0.4, -0.2) is 171 Å². The van der Waals surface area contributed by atoms with E-state index in [1.807, 2.05) is 13.8 Å². The molecule has 0 bridgehead atoms. The van der Waals surface area contributed by atoms with Crippen molar-refractivity contribution in [3.63, 3.8) is 0 Å². The number of carboxylic acid groups (broad SMARTS) is 2. The standard InChI is InChI=1S/C49H86N10O14S/c1-25(2)19-32(52-38(61)23-51-41(64)36(24-60)58-46(69)35(22-28(7)8)57-47(70)37-13-12-17-59(37)48(71)40(50)29(9)10)43(66)55-34(21-27(5)6)45(68)56-33(20-26(3)4)44(67)53-30(14-15-39(62)63)42(65)54-31(49(72)73)16-18-74-11/h25-37,40,60H,12-24,50H2,1-11H3,(H,51,64)(H,52,61)(H,53,67)(H,54,65)(H,55,66)(H,56,68)(H,57,70)(H,58,69)(H,62,63)(H,72,73)/t30-,31-,32-,33-,34-,35-,36-,37-,40-/m0/s1. The smallest absolute Gasteiger partial charge is 0.326 e. The summed E-state index contributed by atoms with van der Waals surface area (Å²) in [5, 5.41) is 49.4. The van der Waals surface area contributed by atoms with Crippen molar-refractivity contribution in [2.24, 2.45) is 35.3 Å². The molecule has 24 nitrogen and oxygen atoms in total. The van der Waals surface area contributed by atoms with E-state index in [4.69, 9.17) is 5.73 Å². The van der Waals surface area contributed by atoms with Gasteiger partial charge < -0.3 is 68.5 Å². The summed E-state index contributed by atoms with van der Waals surface area (Å²) in [6, 6.07) is -11.0. The second-order valence-electron chi connectivity index (χ2n) is 20.9. The second-order valence-corrected chi connectivity index (χ2v) is 21.9. The zero-order valence-corrected chi connectivity index (χ0v) is 45.9. The SMILES string of the molecule is CSCC[C@H](NC(=O)[C@H](CCC(=O)O)NC(=O)[C@H](CC(C)C)NC(=O)[C@H](CC(C)C)NC(=O)[C@H](CC(C)C)NC(=O)CNC(=O)[C@H](CO)NC(=O)[C@H](CC(C)C)NC(=O)[C@@H]1CCCN1C(=O)[C@@H](N)C(C)C)C(=O)O. The molecule has 1 aliphatic heterocycles. The molecule has 422 valence electrons. The fraction of sp³-hybridized carbons (Fsp3) is 0.776. The van der Waals surface area contributed by atoms with Crippen LogP contribution in [0.25, 0.3) is 0 Å². The Hall–Kier alpha value is -5.56. The largest absolute Gasteiger partial charge is 0.481 e. The lowest BCUT2D eigenvalue weighted by atomic mass is 9.98. The molecule has 0 unspecified atom stereocenters. The quantitative estimate of drug-likeness (QED) is 0.0381. The van der Waals surface area contributed by atoms with Gasteiger partial charge >= 0.3 is 11.9 Å². The van der Waals surface area contributed by atoms with Crippen LogP contribution in [0.2, 0.25) is 0 Å². The van der Waals surface area contributed by atoms with Gasteiger partial charge in [-0.1, -0.05) is 69.2 Å². The number of carboxylic acids is 2. The number of likely N-dealkylation sites (tertiary alicyclic amines) is 1. The molecule has 1 saturated heterocycles. The molecule has 0 aliphatic carbocycles. The minimum absolute atomic E-state index is 0.0450. The average Bonchev–Trinajstić information content (AvgIpc) is 3.80. The maximum atomic E-state index is 14.0. The van der Waals surface area contributed by atoms with Crippen molar-refractivity contribution in [3.8, 4) is 0 Å². The Morgan fingerprint density at radius 3 is 1.41 bits per heavy atom. The lowest BCUT2D eigenvalue weighted by molar-refractivity contribution is -0.143. The van der Waals surface area contributed by atoms with E-state index in [0.29, 0.717) is 25.1 Å². The number of carbonyl (C=O) groups is 11. The number of hydrogen-bond acceptors (Lipinski definition) is 14. The molecule has 1 aliphatic rings. The molecule has 1 fully saturated rings. The van der Waals surface area contributed by atoms with Gasteiger partial charge in [0.05, 0.1) is 19.2 Å². The number of rotatable bonds is 34. The van der Waals surface area contributed by atoms with Gasteiger partial charge in [-0.15, -0.1) is 0 Å². The Morgan fingerprint density at radius 2 is 0.986 bits per heavy atom. The zero-order chi connectivity index (χ0) is 56.6. The number of amides is 9. The number of nitrogens with one attached hydrogen (secondary N) is 8. The van der Waals surface area contributed by atoms with Gasteiger partial charge in [-0.05, 0) is 93.0 Å². The maximum Gasteiger partial charge on any atom is 0.326 e. The van der Waals surface area contributed by atoms with Crippen LogP contribution < -0.4 is 48.3 Å². The summed E-state index contributed by atoms with van der Waals surface area (Å²) in [4.78, 5) is 147. The van der Waals surface area contributed by atoms with E-state index in [1.54, 1.807) is 61.6 Å². The van der Waals surface area contributed by atoms with Gasteiger partial charge in [-0.2, -0.15) is 11.8 Å². The third kappa shape index (κ3) is 24.2. The number of thioether (sulfide) groups is 1. The molecule has 0 aromatic rings. The maximum absolute atomic E-state index is 14.0. The minimum Gasteiger partial charge on any atom is -0.481 e. The topological polar surface area (TPSA) is 374 Å². The van der Waals surface area contributed by atoms with Crippen molar-refractivity contribution in [2.45, 2.75) is 181 Å². The summed E-state index contributed by atoms with van der Waals surface area (Å²) in [5.74, 6) is -9.89. The third-order valence-electron chi connectivity index (χ3n) is 12.0. The number of nitrogens with zero attached hydrogens (tertiary/aromatic N) is 1. The fourth-order valence-corrected chi connectivity index (χ4v) is 8.45. The molecule has 0 aromatic carbocycles. The van der Waals surface area contributed by atoms with Crippen molar-refractivity contribution < 1.29 is 68.1 Å². The Balaban J connectivity index is 3.19. The number of hydrogen-bond donors (Lipinski definition) is 12. The molecular weight excluding hydrogens is 985 g/mol. The van der Waals surface area contributed by atoms with Gasteiger partial charge in [-0.3, -0.25) is 47.9 Å².